The Morgan fingerprint density at radius 2 is 2.28 bits per heavy atom. The van der Waals surface area contributed by atoms with Gasteiger partial charge in [0, 0.05) is 26.3 Å². The Bertz CT molecular complexity index is 465. The average Bonchev–Trinajstić information content (AvgIpc) is 3.17. The van der Waals surface area contributed by atoms with E-state index < -0.39 is 0 Å². The Kier molecular flexibility index (Phi) is 4.15. The van der Waals surface area contributed by atoms with Crippen LogP contribution in [0.3, 0.4) is 0 Å². The molecule has 2 rings (SSSR count). The smallest absolute Gasteiger partial charge is 0.270 e. The number of likely N-dealkylation sites (N-methyl/N-ethyl adjacent to an activating group) is 1. The van der Waals surface area contributed by atoms with Gasteiger partial charge >= 0.3 is 0 Å². The number of aromatic nitrogens is 1. The van der Waals surface area contributed by atoms with Crippen LogP contribution in [0.4, 0.5) is 0 Å². The second kappa shape index (κ2) is 5.82. The number of nitrogens with zero attached hydrogens (tertiary/aromatic N) is 1. The number of carbonyl (C=O) groups excluding carboxylic acids is 1. The molecule has 1 aromatic heterocycles. The molecule has 0 aliphatic heterocycles. The van der Waals surface area contributed by atoms with Gasteiger partial charge in [-0.25, -0.2) is 0 Å². The van der Waals surface area contributed by atoms with E-state index in [4.69, 9.17) is 4.74 Å². The molecule has 1 amide bonds. The van der Waals surface area contributed by atoms with Crippen molar-refractivity contribution in [1.29, 1.82) is 0 Å². The molecule has 0 unspecified atom stereocenters. The average molecular weight is 250 g/mol. The molecular weight excluding hydrogens is 232 g/mol. The zero-order valence-electron chi connectivity index (χ0n) is 10.5. The van der Waals surface area contributed by atoms with Gasteiger partial charge in [-0.3, -0.25) is 9.59 Å². The van der Waals surface area contributed by atoms with Gasteiger partial charge in [-0.2, -0.15) is 0 Å². The highest BCUT2D eigenvalue weighted by molar-refractivity contribution is 5.91. The van der Waals surface area contributed by atoms with Gasteiger partial charge in [-0.05, 0) is 24.8 Å². The van der Waals surface area contributed by atoms with E-state index in [1.807, 2.05) is 0 Å². The lowest BCUT2D eigenvalue weighted by Crippen LogP contribution is -2.31. The molecule has 1 saturated carbocycles. The van der Waals surface area contributed by atoms with Gasteiger partial charge in [0.15, 0.2) is 0 Å². The van der Waals surface area contributed by atoms with Crippen LogP contribution < -0.4 is 5.56 Å². The molecular formula is C13H18N2O3. The van der Waals surface area contributed by atoms with Gasteiger partial charge < -0.3 is 14.6 Å². The molecule has 1 aliphatic rings. The molecule has 1 N–H and O–H groups in total. The molecule has 0 atom stereocenters. The number of nitrogens with one attached hydrogen (secondary N) is 1. The second-order valence-corrected chi connectivity index (χ2v) is 4.67. The maximum Gasteiger partial charge on any atom is 0.270 e. The van der Waals surface area contributed by atoms with Gasteiger partial charge in [-0.1, -0.05) is 6.07 Å². The topological polar surface area (TPSA) is 62.4 Å². The van der Waals surface area contributed by atoms with Crippen LogP contribution in [0, 0.1) is 5.92 Å². The van der Waals surface area contributed by atoms with E-state index in [0.717, 1.165) is 12.5 Å². The van der Waals surface area contributed by atoms with E-state index in [2.05, 4.69) is 4.98 Å². The lowest BCUT2D eigenvalue weighted by Gasteiger charge is -2.16. The van der Waals surface area contributed by atoms with E-state index in [1.165, 1.54) is 18.9 Å². The van der Waals surface area contributed by atoms with E-state index in [1.54, 1.807) is 24.1 Å². The molecule has 0 aromatic carbocycles. The van der Waals surface area contributed by atoms with Gasteiger partial charge in [0.05, 0.1) is 6.61 Å². The molecule has 1 fully saturated rings. The van der Waals surface area contributed by atoms with Crippen molar-refractivity contribution in [2.75, 3.05) is 26.8 Å². The van der Waals surface area contributed by atoms with Crippen LogP contribution in [0.5, 0.6) is 0 Å². The Balaban J connectivity index is 1.78. The number of carbonyl (C=O) groups is 1. The Morgan fingerprint density at radius 1 is 1.50 bits per heavy atom. The van der Waals surface area contributed by atoms with Crippen LogP contribution in [0.15, 0.2) is 23.0 Å². The number of hydrogen-bond acceptors (Lipinski definition) is 3. The summed E-state index contributed by atoms with van der Waals surface area (Å²) in [4.78, 5) is 27.1. The number of ether oxygens (including phenoxy) is 1. The number of aromatic amines is 1. The predicted octanol–water partition coefficient (Wildman–Crippen LogP) is 0.874. The molecule has 5 nitrogen and oxygen atoms in total. The molecule has 18 heavy (non-hydrogen) atoms. The minimum absolute atomic E-state index is 0.192. The molecule has 0 saturated heterocycles. The van der Waals surface area contributed by atoms with Crippen molar-refractivity contribution in [3.8, 4) is 0 Å². The molecule has 1 aromatic rings. The first-order valence-electron chi connectivity index (χ1n) is 6.19. The third-order valence-electron chi connectivity index (χ3n) is 2.97. The van der Waals surface area contributed by atoms with Crippen molar-refractivity contribution in [1.82, 2.24) is 9.88 Å². The van der Waals surface area contributed by atoms with Crippen LogP contribution in [0.1, 0.15) is 23.3 Å². The van der Waals surface area contributed by atoms with E-state index in [0.29, 0.717) is 18.8 Å². The lowest BCUT2D eigenvalue weighted by atomic mass is 10.3. The van der Waals surface area contributed by atoms with Crippen molar-refractivity contribution in [2.45, 2.75) is 12.8 Å². The number of amides is 1. The van der Waals surface area contributed by atoms with Gasteiger partial charge in [0.1, 0.15) is 5.69 Å². The summed E-state index contributed by atoms with van der Waals surface area (Å²) in [6.07, 6.45) is 2.53. The zero-order chi connectivity index (χ0) is 13.0. The van der Waals surface area contributed by atoms with Crippen LogP contribution in [0.25, 0.3) is 0 Å². The van der Waals surface area contributed by atoms with E-state index in [-0.39, 0.29) is 11.5 Å². The third kappa shape index (κ3) is 3.70. The summed E-state index contributed by atoms with van der Waals surface area (Å²) >= 11 is 0. The van der Waals surface area contributed by atoms with E-state index in [9.17, 15) is 9.59 Å². The van der Waals surface area contributed by atoms with Crippen molar-refractivity contribution in [2.24, 2.45) is 5.92 Å². The van der Waals surface area contributed by atoms with Crippen LogP contribution in [-0.2, 0) is 4.74 Å². The minimum atomic E-state index is -0.265. The SMILES string of the molecule is CN(CCOCC1CC1)C(=O)c1cccc(=O)[nH]1. The number of hydrogen-bond donors (Lipinski definition) is 1. The predicted molar refractivity (Wildman–Crippen MR) is 67.6 cm³/mol. The summed E-state index contributed by atoms with van der Waals surface area (Å²) in [7, 11) is 1.70. The highest BCUT2D eigenvalue weighted by Gasteiger charge is 2.21. The van der Waals surface area contributed by atoms with Gasteiger partial charge in [-0.15, -0.1) is 0 Å². The fourth-order valence-corrected chi connectivity index (χ4v) is 1.62. The van der Waals surface area contributed by atoms with Gasteiger partial charge in [0.2, 0.25) is 5.56 Å². The molecule has 1 heterocycles. The van der Waals surface area contributed by atoms with Crippen molar-refractivity contribution in [3.63, 3.8) is 0 Å². The molecule has 1 aliphatic carbocycles. The highest BCUT2D eigenvalue weighted by Crippen LogP contribution is 2.28. The maximum absolute atomic E-state index is 11.9. The molecule has 0 bridgehead atoms. The Morgan fingerprint density at radius 3 is 2.94 bits per heavy atom. The summed E-state index contributed by atoms with van der Waals surface area (Å²) in [5.74, 6) is 0.541. The second-order valence-electron chi connectivity index (χ2n) is 4.67. The third-order valence-corrected chi connectivity index (χ3v) is 2.97. The maximum atomic E-state index is 11.9. The Hall–Kier alpha value is -1.62. The summed E-state index contributed by atoms with van der Waals surface area (Å²) < 4.78 is 5.47. The van der Waals surface area contributed by atoms with Gasteiger partial charge in [0.25, 0.3) is 5.91 Å². The summed E-state index contributed by atoms with van der Waals surface area (Å²) in [5, 5.41) is 0. The first-order chi connectivity index (χ1) is 8.66. The number of rotatable bonds is 6. The number of pyridine rings is 1. The molecule has 5 heteroatoms. The monoisotopic (exact) mass is 250 g/mol. The fourth-order valence-electron chi connectivity index (χ4n) is 1.62. The fraction of sp³-hybridized carbons (Fsp3) is 0.538. The van der Waals surface area contributed by atoms with Crippen molar-refractivity contribution >= 4 is 5.91 Å². The lowest BCUT2D eigenvalue weighted by molar-refractivity contribution is 0.0676. The van der Waals surface area contributed by atoms with Crippen LogP contribution in [0.2, 0.25) is 0 Å². The Labute approximate surface area is 106 Å². The van der Waals surface area contributed by atoms with Crippen LogP contribution in [-0.4, -0.2) is 42.6 Å². The standard InChI is InChI=1S/C13H18N2O3/c1-15(7-8-18-9-10-5-6-10)13(17)11-3-2-4-12(16)14-11/h2-4,10H,5-9H2,1H3,(H,14,16). The summed E-state index contributed by atoms with van der Waals surface area (Å²) in [5.41, 5.74) is 0.0476. The minimum Gasteiger partial charge on any atom is -0.379 e. The normalized spacial score (nSPS) is 14.5. The first kappa shape index (κ1) is 12.8. The number of H-pyrrole nitrogens is 1. The zero-order valence-corrected chi connectivity index (χ0v) is 10.5. The summed E-state index contributed by atoms with van der Waals surface area (Å²) in [6, 6.07) is 4.56. The van der Waals surface area contributed by atoms with Crippen molar-refractivity contribution in [3.05, 3.63) is 34.2 Å². The highest BCUT2D eigenvalue weighted by atomic mass is 16.5. The quantitative estimate of drug-likeness (QED) is 0.762. The molecule has 0 spiro atoms. The van der Waals surface area contributed by atoms with E-state index >= 15 is 0 Å². The first-order valence-corrected chi connectivity index (χ1v) is 6.19. The molecule has 0 radical (unpaired) electrons. The summed E-state index contributed by atoms with van der Waals surface area (Å²) in [6.45, 7) is 1.86. The molecule has 98 valence electrons. The van der Waals surface area contributed by atoms with Crippen molar-refractivity contribution < 1.29 is 9.53 Å². The largest absolute Gasteiger partial charge is 0.379 e. The van der Waals surface area contributed by atoms with Crippen LogP contribution >= 0.6 is 0 Å².